The zero-order valence-corrected chi connectivity index (χ0v) is 14.1. The number of aromatic nitrogens is 4. The number of imidazole rings is 1. The number of amides is 1. The molecule has 3 aromatic rings. The first-order chi connectivity index (χ1) is 11.3. The molecule has 3 rings (SSSR count). The molecule has 9 heteroatoms. The molecule has 0 fully saturated rings. The summed E-state index contributed by atoms with van der Waals surface area (Å²) in [6.07, 6.45) is 4.49. The molecule has 2 heterocycles. The number of hydrogen-bond donors (Lipinski definition) is 1. The van der Waals surface area contributed by atoms with Crippen LogP contribution >= 0.6 is 0 Å². The van der Waals surface area contributed by atoms with Gasteiger partial charge in [0.1, 0.15) is 9.84 Å². The van der Waals surface area contributed by atoms with Crippen LogP contribution in [0.3, 0.4) is 0 Å². The van der Waals surface area contributed by atoms with Crippen LogP contribution < -0.4 is 5.32 Å². The van der Waals surface area contributed by atoms with Crippen LogP contribution in [0.2, 0.25) is 0 Å². The van der Waals surface area contributed by atoms with Gasteiger partial charge in [-0.15, -0.1) is 0 Å². The quantitative estimate of drug-likeness (QED) is 0.744. The lowest BCUT2D eigenvalue weighted by Crippen LogP contribution is -2.14. The molecule has 1 aromatic carbocycles. The third-order valence-electron chi connectivity index (χ3n) is 3.56. The second kappa shape index (κ2) is 6.08. The highest BCUT2D eigenvalue weighted by molar-refractivity contribution is 7.90. The fourth-order valence-corrected chi connectivity index (χ4v) is 2.80. The predicted octanol–water partition coefficient (Wildman–Crippen LogP) is 1.07. The molecule has 126 valence electrons. The summed E-state index contributed by atoms with van der Waals surface area (Å²) >= 11 is 0. The fraction of sp³-hybridized carbons (Fsp3) is 0.267. The van der Waals surface area contributed by atoms with E-state index < -0.39 is 9.84 Å². The van der Waals surface area contributed by atoms with Gasteiger partial charge in [0.25, 0.3) is 5.91 Å². The van der Waals surface area contributed by atoms with Gasteiger partial charge in [-0.1, -0.05) is 0 Å². The lowest BCUT2D eigenvalue weighted by molar-refractivity contribution is 0.102. The largest absolute Gasteiger partial charge is 0.334 e. The minimum atomic E-state index is -3.06. The average molecular weight is 347 g/mol. The minimum Gasteiger partial charge on any atom is -0.334 e. The van der Waals surface area contributed by atoms with Crippen LogP contribution in [0.1, 0.15) is 10.4 Å². The van der Waals surface area contributed by atoms with E-state index in [1.165, 1.54) is 10.9 Å². The maximum atomic E-state index is 12.3. The van der Waals surface area contributed by atoms with Gasteiger partial charge in [-0.2, -0.15) is 5.10 Å². The van der Waals surface area contributed by atoms with Crippen LogP contribution in [0.5, 0.6) is 0 Å². The minimum absolute atomic E-state index is 0.00158. The van der Waals surface area contributed by atoms with Crippen molar-refractivity contribution in [3.63, 3.8) is 0 Å². The fourth-order valence-electron chi connectivity index (χ4n) is 2.28. The van der Waals surface area contributed by atoms with E-state index >= 15 is 0 Å². The lowest BCUT2D eigenvalue weighted by Gasteiger charge is -2.03. The van der Waals surface area contributed by atoms with E-state index in [1.54, 1.807) is 30.7 Å². The van der Waals surface area contributed by atoms with Crippen molar-refractivity contribution >= 4 is 32.6 Å². The number of nitrogens with one attached hydrogen (secondary N) is 1. The Labute approximate surface area is 139 Å². The number of nitrogens with zero attached hydrogens (tertiary/aromatic N) is 4. The Morgan fingerprint density at radius 1 is 1.29 bits per heavy atom. The van der Waals surface area contributed by atoms with Crippen LogP contribution in [-0.4, -0.2) is 45.7 Å². The highest BCUT2D eigenvalue weighted by Gasteiger charge is 2.11. The van der Waals surface area contributed by atoms with Gasteiger partial charge in [-0.3, -0.25) is 9.48 Å². The molecule has 0 bridgehead atoms. The maximum absolute atomic E-state index is 12.3. The van der Waals surface area contributed by atoms with E-state index in [9.17, 15) is 13.2 Å². The van der Waals surface area contributed by atoms with E-state index in [0.717, 1.165) is 11.0 Å². The highest BCUT2D eigenvalue weighted by atomic mass is 32.2. The molecule has 0 radical (unpaired) electrons. The molecule has 1 N–H and O–H groups in total. The molecule has 0 atom stereocenters. The standard InChI is InChI=1S/C15H17N5O3S/c1-19-10-16-12-9-11(3-4-13(12)19)15(21)17-14-5-6-20(18-14)7-8-24(2,22)23/h3-6,9-10H,7-8H2,1-2H3,(H,17,18,21). The van der Waals surface area contributed by atoms with Gasteiger partial charge in [0.05, 0.1) is 29.7 Å². The molecule has 0 saturated carbocycles. The van der Waals surface area contributed by atoms with Gasteiger partial charge < -0.3 is 9.88 Å². The van der Waals surface area contributed by atoms with Gasteiger partial charge >= 0.3 is 0 Å². The molecule has 0 spiro atoms. The Morgan fingerprint density at radius 2 is 2.08 bits per heavy atom. The van der Waals surface area contributed by atoms with Crippen molar-refractivity contribution < 1.29 is 13.2 Å². The number of carbonyl (C=O) groups is 1. The summed E-state index contributed by atoms with van der Waals surface area (Å²) in [6, 6.07) is 6.90. The number of carbonyl (C=O) groups excluding carboxylic acids is 1. The van der Waals surface area contributed by atoms with Crippen LogP contribution in [-0.2, 0) is 23.4 Å². The third-order valence-corrected chi connectivity index (χ3v) is 4.49. The zero-order chi connectivity index (χ0) is 17.3. The molecule has 0 unspecified atom stereocenters. The summed E-state index contributed by atoms with van der Waals surface area (Å²) in [6.45, 7) is 0.245. The Bertz CT molecular complexity index is 1000. The van der Waals surface area contributed by atoms with E-state index in [1.807, 2.05) is 17.7 Å². The molecule has 1 amide bonds. The van der Waals surface area contributed by atoms with Gasteiger partial charge in [0, 0.05) is 31.1 Å². The van der Waals surface area contributed by atoms with Crippen LogP contribution in [0.15, 0.2) is 36.8 Å². The molecule has 0 aliphatic rings. The van der Waals surface area contributed by atoms with Gasteiger partial charge in [0.15, 0.2) is 5.82 Å². The van der Waals surface area contributed by atoms with Crippen LogP contribution in [0, 0.1) is 0 Å². The Hall–Kier alpha value is -2.68. The van der Waals surface area contributed by atoms with Crippen molar-refractivity contribution in [1.29, 1.82) is 0 Å². The lowest BCUT2D eigenvalue weighted by atomic mass is 10.2. The van der Waals surface area contributed by atoms with E-state index in [-0.39, 0.29) is 18.2 Å². The van der Waals surface area contributed by atoms with E-state index in [0.29, 0.717) is 11.4 Å². The number of benzene rings is 1. The number of sulfone groups is 1. The molecule has 24 heavy (non-hydrogen) atoms. The van der Waals surface area contributed by atoms with Crippen molar-refractivity contribution in [1.82, 2.24) is 19.3 Å². The molecular formula is C15H17N5O3S. The number of anilines is 1. The van der Waals surface area contributed by atoms with Crippen molar-refractivity contribution in [2.75, 3.05) is 17.3 Å². The topological polar surface area (TPSA) is 98.9 Å². The first kappa shape index (κ1) is 16.2. The Kier molecular flexibility index (Phi) is 4.10. The molecule has 2 aromatic heterocycles. The summed E-state index contributed by atoms with van der Waals surface area (Å²) in [5.41, 5.74) is 2.16. The maximum Gasteiger partial charge on any atom is 0.256 e. The number of aryl methyl sites for hydroxylation is 2. The first-order valence-corrected chi connectivity index (χ1v) is 9.31. The summed E-state index contributed by atoms with van der Waals surface area (Å²) < 4.78 is 25.7. The molecule has 0 aliphatic carbocycles. The predicted molar refractivity (Wildman–Crippen MR) is 90.6 cm³/mol. The average Bonchev–Trinajstić information content (AvgIpc) is 3.11. The SMILES string of the molecule is Cn1cnc2cc(C(=O)Nc3ccn(CCS(C)(=O)=O)n3)ccc21. The summed E-state index contributed by atoms with van der Waals surface area (Å²) in [5, 5.41) is 6.84. The van der Waals surface area contributed by atoms with Crippen molar-refractivity contribution in [3.05, 3.63) is 42.4 Å². The highest BCUT2D eigenvalue weighted by Crippen LogP contribution is 2.15. The van der Waals surface area contributed by atoms with Crippen LogP contribution in [0.25, 0.3) is 11.0 Å². The van der Waals surface area contributed by atoms with Gasteiger partial charge in [-0.05, 0) is 18.2 Å². The van der Waals surface area contributed by atoms with Crippen molar-refractivity contribution in [2.45, 2.75) is 6.54 Å². The monoisotopic (exact) mass is 347 g/mol. The number of fused-ring (bicyclic) bond motifs is 1. The Balaban J connectivity index is 1.70. The third kappa shape index (κ3) is 3.62. The number of hydrogen-bond acceptors (Lipinski definition) is 5. The van der Waals surface area contributed by atoms with Crippen LogP contribution in [0.4, 0.5) is 5.82 Å². The molecular weight excluding hydrogens is 330 g/mol. The first-order valence-electron chi connectivity index (χ1n) is 7.25. The summed E-state index contributed by atoms with van der Waals surface area (Å²) in [5.74, 6) is 0.0730. The van der Waals surface area contributed by atoms with Crippen molar-refractivity contribution in [3.8, 4) is 0 Å². The smallest absolute Gasteiger partial charge is 0.256 e. The molecule has 0 aliphatic heterocycles. The zero-order valence-electron chi connectivity index (χ0n) is 13.3. The van der Waals surface area contributed by atoms with Crippen molar-refractivity contribution in [2.24, 2.45) is 7.05 Å². The second-order valence-electron chi connectivity index (χ2n) is 5.61. The number of rotatable bonds is 5. The second-order valence-corrected chi connectivity index (χ2v) is 7.87. The normalized spacial score (nSPS) is 11.8. The Morgan fingerprint density at radius 3 is 2.83 bits per heavy atom. The molecule has 8 nitrogen and oxygen atoms in total. The summed E-state index contributed by atoms with van der Waals surface area (Å²) in [4.78, 5) is 16.5. The van der Waals surface area contributed by atoms with E-state index in [4.69, 9.17) is 0 Å². The molecule has 0 saturated heterocycles. The van der Waals surface area contributed by atoms with Gasteiger partial charge in [-0.25, -0.2) is 13.4 Å². The van der Waals surface area contributed by atoms with E-state index in [2.05, 4.69) is 15.4 Å². The summed E-state index contributed by atoms with van der Waals surface area (Å²) in [7, 11) is -1.17. The van der Waals surface area contributed by atoms with Gasteiger partial charge in [0.2, 0.25) is 0 Å².